The second-order valence-electron chi connectivity index (χ2n) is 7.91. The lowest BCUT2D eigenvalue weighted by Crippen LogP contribution is -2.40. The van der Waals surface area contributed by atoms with Crippen molar-refractivity contribution >= 4 is 37.5 Å². The molecule has 0 aromatic heterocycles. The topological polar surface area (TPSA) is 65.0 Å². The number of halogens is 2. The molecule has 1 rings (SSSR count). The van der Waals surface area contributed by atoms with Gasteiger partial charge in [-0.05, 0) is 43.5 Å². The minimum atomic E-state index is -1.70. The minimum absolute atomic E-state index is 0.0934. The molecule has 1 N–H and O–H groups in total. The summed E-state index contributed by atoms with van der Waals surface area (Å²) in [7, 11) is -0.486. The van der Waals surface area contributed by atoms with Crippen LogP contribution in [0.2, 0.25) is 28.2 Å². The van der Waals surface area contributed by atoms with Crippen LogP contribution < -0.4 is 4.74 Å². The van der Waals surface area contributed by atoms with Gasteiger partial charge in [-0.2, -0.15) is 0 Å². The molecule has 0 heterocycles. The van der Waals surface area contributed by atoms with E-state index in [2.05, 4.69) is 38.6 Å². The maximum Gasteiger partial charge on any atom is 0.341 e. The molecule has 5 nitrogen and oxygen atoms in total. The van der Waals surface area contributed by atoms with Gasteiger partial charge in [-0.3, -0.25) is 0 Å². The number of carbonyl (C=O) groups is 1. The predicted molar refractivity (Wildman–Crippen MR) is 112 cm³/mol. The zero-order valence-corrected chi connectivity index (χ0v) is 19.5. The van der Waals surface area contributed by atoms with E-state index < -0.39 is 20.0 Å². The van der Waals surface area contributed by atoms with E-state index in [1.807, 2.05) is 0 Å². The largest absolute Gasteiger partial charge is 0.505 e. The average Bonchev–Trinajstić information content (AvgIpc) is 2.58. The van der Waals surface area contributed by atoms with E-state index in [-0.39, 0.29) is 26.4 Å². The van der Waals surface area contributed by atoms with Crippen molar-refractivity contribution in [3.05, 3.63) is 21.7 Å². The highest BCUT2D eigenvalue weighted by Gasteiger charge is 2.36. The van der Waals surface area contributed by atoms with Crippen molar-refractivity contribution in [3.63, 3.8) is 0 Å². The Morgan fingerprint density at radius 1 is 1.15 bits per heavy atom. The molecule has 0 fully saturated rings. The first-order chi connectivity index (χ1) is 12.4. The van der Waals surface area contributed by atoms with E-state index in [0.29, 0.717) is 6.61 Å². The molecule has 0 amide bonds. The molecule has 0 radical (unpaired) electrons. The highest BCUT2D eigenvalue weighted by atomic mass is 35.5. The number of carbonyl (C=O) groups excluding carboxylic acids is 1. The van der Waals surface area contributed by atoms with E-state index in [0.717, 1.165) is 25.9 Å². The van der Waals surface area contributed by atoms with Crippen molar-refractivity contribution in [2.75, 3.05) is 20.3 Å². The SMILES string of the molecule is COC(=O)c1cc(Cl)c(OCCCCCO[Si](C)(C)C(C)(C)C)c(Cl)c1O. The summed E-state index contributed by atoms with van der Waals surface area (Å²) in [6.45, 7) is 12.3. The van der Waals surface area contributed by atoms with Gasteiger partial charge in [0.1, 0.15) is 10.6 Å². The van der Waals surface area contributed by atoms with Crippen LogP contribution in [-0.4, -0.2) is 39.7 Å². The van der Waals surface area contributed by atoms with Gasteiger partial charge in [0.2, 0.25) is 0 Å². The Labute approximate surface area is 173 Å². The number of phenols is 1. The molecular weight excluding hydrogens is 407 g/mol. The summed E-state index contributed by atoms with van der Waals surface area (Å²) >= 11 is 12.2. The van der Waals surface area contributed by atoms with Crippen LogP contribution in [0, 0.1) is 0 Å². The van der Waals surface area contributed by atoms with Crippen molar-refractivity contribution < 1.29 is 23.8 Å². The fraction of sp³-hybridized carbons (Fsp3) is 0.632. The van der Waals surface area contributed by atoms with Gasteiger partial charge < -0.3 is 19.0 Å². The van der Waals surface area contributed by atoms with Crippen molar-refractivity contribution in [2.24, 2.45) is 0 Å². The van der Waals surface area contributed by atoms with Crippen LogP contribution in [0.4, 0.5) is 0 Å². The molecule has 8 heteroatoms. The fourth-order valence-electron chi connectivity index (χ4n) is 2.09. The first-order valence-electron chi connectivity index (χ1n) is 8.98. The number of esters is 1. The van der Waals surface area contributed by atoms with E-state index in [4.69, 9.17) is 32.4 Å². The Morgan fingerprint density at radius 2 is 1.74 bits per heavy atom. The van der Waals surface area contributed by atoms with Crippen molar-refractivity contribution in [2.45, 2.75) is 58.2 Å². The first-order valence-corrected chi connectivity index (χ1v) is 12.6. The third-order valence-corrected chi connectivity index (χ3v) is 10.0. The monoisotopic (exact) mass is 436 g/mol. The molecule has 1 aromatic carbocycles. The molecule has 0 spiro atoms. The summed E-state index contributed by atoms with van der Waals surface area (Å²) in [5.74, 6) is -0.948. The number of unbranched alkanes of at least 4 members (excludes halogenated alkanes) is 2. The summed E-state index contributed by atoms with van der Waals surface area (Å²) in [6.07, 6.45) is 2.69. The van der Waals surface area contributed by atoms with Crippen LogP contribution in [0.3, 0.4) is 0 Å². The molecular formula is C19H30Cl2O5Si. The lowest BCUT2D eigenvalue weighted by Gasteiger charge is -2.36. The summed E-state index contributed by atoms with van der Waals surface area (Å²) in [5.41, 5.74) is -0.0948. The highest BCUT2D eigenvalue weighted by molar-refractivity contribution is 6.74. The van der Waals surface area contributed by atoms with E-state index >= 15 is 0 Å². The molecule has 0 bridgehead atoms. The number of hydrogen-bond acceptors (Lipinski definition) is 5. The third kappa shape index (κ3) is 6.56. The maximum atomic E-state index is 11.6. The number of aromatic hydroxyl groups is 1. The third-order valence-electron chi connectivity index (χ3n) is 4.86. The Kier molecular flexibility index (Phi) is 8.93. The van der Waals surface area contributed by atoms with Crippen molar-refractivity contribution in [1.29, 1.82) is 0 Å². The summed E-state index contributed by atoms with van der Waals surface area (Å²) < 4.78 is 16.3. The normalized spacial score (nSPS) is 12.1. The molecule has 0 unspecified atom stereocenters. The highest BCUT2D eigenvalue weighted by Crippen LogP contribution is 2.42. The Bertz CT molecular complexity index is 656. The van der Waals surface area contributed by atoms with Crippen LogP contribution in [0.25, 0.3) is 0 Å². The van der Waals surface area contributed by atoms with Gasteiger partial charge in [0, 0.05) is 6.61 Å². The molecule has 0 atom stereocenters. The van der Waals surface area contributed by atoms with Gasteiger partial charge in [-0.15, -0.1) is 0 Å². The number of ether oxygens (including phenoxy) is 2. The Hall–Kier alpha value is -0.953. The zero-order valence-electron chi connectivity index (χ0n) is 16.9. The van der Waals surface area contributed by atoms with Gasteiger partial charge >= 0.3 is 5.97 Å². The minimum Gasteiger partial charge on any atom is -0.505 e. The molecule has 27 heavy (non-hydrogen) atoms. The van der Waals surface area contributed by atoms with E-state index in [9.17, 15) is 9.90 Å². The first kappa shape index (κ1) is 24.1. The Balaban J connectivity index is 2.48. The smallest absolute Gasteiger partial charge is 0.341 e. The summed E-state index contributed by atoms with van der Waals surface area (Å²) in [5, 5.41) is 10.3. The maximum absolute atomic E-state index is 11.6. The van der Waals surface area contributed by atoms with Gasteiger partial charge in [-0.1, -0.05) is 44.0 Å². The lowest BCUT2D eigenvalue weighted by atomic mass is 10.2. The number of rotatable bonds is 9. The van der Waals surface area contributed by atoms with Crippen LogP contribution in [0.5, 0.6) is 11.5 Å². The van der Waals surface area contributed by atoms with Crippen LogP contribution in [0.15, 0.2) is 6.07 Å². The van der Waals surface area contributed by atoms with Gasteiger partial charge in [-0.25, -0.2) is 4.79 Å². The predicted octanol–water partition coefficient (Wildman–Crippen LogP) is 6.06. The summed E-state index contributed by atoms with van der Waals surface area (Å²) in [6, 6.07) is 1.29. The zero-order chi connectivity index (χ0) is 20.8. The van der Waals surface area contributed by atoms with Crippen LogP contribution >= 0.6 is 23.2 Å². The second kappa shape index (κ2) is 10.0. The average molecular weight is 437 g/mol. The number of hydrogen-bond donors (Lipinski definition) is 1. The standard InChI is InChI=1S/C19H30Cl2O5Si/c1-19(2,3)27(5,6)26-11-9-7-8-10-25-17-14(20)12-13(18(23)24-4)16(22)15(17)21/h12,22H,7-11H2,1-6H3. The fourth-order valence-corrected chi connectivity index (χ4v) is 3.74. The van der Waals surface area contributed by atoms with Crippen LogP contribution in [-0.2, 0) is 9.16 Å². The lowest BCUT2D eigenvalue weighted by molar-refractivity contribution is 0.0597. The number of benzene rings is 1. The molecule has 0 aliphatic heterocycles. The number of methoxy groups -OCH3 is 1. The molecule has 0 aliphatic rings. The quantitative estimate of drug-likeness (QED) is 0.289. The molecule has 0 saturated heterocycles. The van der Waals surface area contributed by atoms with Gasteiger partial charge in [0.05, 0.1) is 18.7 Å². The number of phenolic OH excluding ortho intramolecular Hbond substituents is 1. The molecule has 154 valence electrons. The molecule has 1 aromatic rings. The Morgan fingerprint density at radius 3 is 2.30 bits per heavy atom. The van der Waals surface area contributed by atoms with Gasteiger partial charge in [0.25, 0.3) is 0 Å². The molecule has 0 aliphatic carbocycles. The van der Waals surface area contributed by atoms with Gasteiger partial charge in [0.15, 0.2) is 19.8 Å². The van der Waals surface area contributed by atoms with E-state index in [1.54, 1.807) is 0 Å². The molecule has 0 saturated carbocycles. The summed E-state index contributed by atoms with van der Waals surface area (Å²) in [4.78, 5) is 11.6. The second-order valence-corrected chi connectivity index (χ2v) is 13.5. The van der Waals surface area contributed by atoms with Crippen LogP contribution in [0.1, 0.15) is 50.4 Å². The van der Waals surface area contributed by atoms with Crippen molar-refractivity contribution in [3.8, 4) is 11.5 Å². The van der Waals surface area contributed by atoms with E-state index in [1.165, 1.54) is 13.2 Å². The van der Waals surface area contributed by atoms with Crippen molar-refractivity contribution in [1.82, 2.24) is 0 Å².